The first kappa shape index (κ1) is 24.3. The van der Waals surface area contributed by atoms with E-state index in [0.29, 0.717) is 17.9 Å². The van der Waals surface area contributed by atoms with Gasteiger partial charge in [-0.1, -0.05) is 25.4 Å². The number of carboxylic acid groups (broad SMARTS) is 1. The van der Waals surface area contributed by atoms with Crippen molar-refractivity contribution >= 4 is 33.5 Å². The number of benzene rings is 1. The smallest absolute Gasteiger partial charge is 0.331 e. The van der Waals surface area contributed by atoms with Crippen molar-refractivity contribution in [3.05, 3.63) is 40.9 Å². The molecule has 0 unspecified atom stereocenters. The van der Waals surface area contributed by atoms with Crippen molar-refractivity contribution in [1.29, 1.82) is 0 Å². The Kier molecular flexibility index (Phi) is 8.42. The Morgan fingerprint density at radius 2 is 1.83 bits per heavy atom. The lowest BCUT2D eigenvalue weighted by Gasteiger charge is -2.38. The van der Waals surface area contributed by atoms with Gasteiger partial charge in [-0.3, -0.25) is 4.79 Å². The van der Waals surface area contributed by atoms with Crippen LogP contribution in [0, 0.1) is 0 Å². The van der Waals surface area contributed by atoms with E-state index in [2.05, 4.69) is 10.0 Å². The molecule has 0 spiro atoms. The van der Waals surface area contributed by atoms with Gasteiger partial charge in [-0.05, 0) is 49.6 Å². The minimum Gasteiger partial charge on any atom is -0.478 e. The van der Waals surface area contributed by atoms with Gasteiger partial charge in [0.2, 0.25) is 15.9 Å². The van der Waals surface area contributed by atoms with Gasteiger partial charge in [-0.15, -0.1) is 0 Å². The molecule has 3 N–H and O–H groups in total. The van der Waals surface area contributed by atoms with Crippen molar-refractivity contribution in [1.82, 2.24) is 10.0 Å². The van der Waals surface area contributed by atoms with Crippen molar-refractivity contribution in [3.8, 4) is 0 Å². The van der Waals surface area contributed by atoms with Gasteiger partial charge in [-0.2, -0.15) is 0 Å². The van der Waals surface area contributed by atoms with Crippen LogP contribution >= 0.6 is 11.6 Å². The van der Waals surface area contributed by atoms with E-state index in [1.54, 1.807) is 0 Å². The zero-order valence-corrected chi connectivity index (χ0v) is 18.7. The van der Waals surface area contributed by atoms with Crippen molar-refractivity contribution in [2.24, 2.45) is 0 Å². The van der Waals surface area contributed by atoms with Crippen LogP contribution in [0.15, 0.2) is 40.8 Å². The lowest BCUT2D eigenvalue weighted by atomic mass is 9.88. The van der Waals surface area contributed by atoms with Crippen LogP contribution < -0.4 is 10.0 Å². The number of hydrogen-bond donors (Lipinski definition) is 3. The maximum atomic E-state index is 12.9. The largest absolute Gasteiger partial charge is 0.478 e. The van der Waals surface area contributed by atoms with E-state index in [1.165, 1.54) is 37.3 Å². The summed E-state index contributed by atoms with van der Waals surface area (Å²) in [5.74, 6) is -1.54. The second-order valence-electron chi connectivity index (χ2n) is 7.15. The number of carbonyl (C=O) groups excluding carboxylic acids is 1. The number of rotatable bonds is 9. The summed E-state index contributed by atoms with van der Waals surface area (Å²) in [7, 11) is -3.99. The van der Waals surface area contributed by atoms with Crippen LogP contribution in [-0.2, 0) is 24.3 Å². The summed E-state index contributed by atoms with van der Waals surface area (Å²) in [5.41, 5.74) is 0.0244. The summed E-state index contributed by atoms with van der Waals surface area (Å²) in [4.78, 5) is 23.5. The highest BCUT2D eigenvalue weighted by molar-refractivity contribution is 7.89. The number of amides is 1. The first-order valence-corrected chi connectivity index (χ1v) is 11.6. The van der Waals surface area contributed by atoms with Crippen LogP contribution in [0.4, 0.5) is 0 Å². The maximum Gasteiger partial charge on any atom is 0.331 e. The molecule has 0 aliphatic heterocycles. The molecule has 3 atom stereocenters. The summed E-state index contributed by atoms with van der Waals surface area (Å²) >= 11 is 5.83. The van der Waals surface area contributed by atoms with E-state index >= 15 is 0 Å². The standard InChI is InChI=1S/C20H27ClN2O6S/c1-4-15(5-2)29-18-11-13(20(25)26)10-17(19(18)22-12(3)24)23-30(27,28)16-8-6-14(21)7-9-16/h6-9,11,15,17-19,23H,4-5,10H2,1-3H3,(H,22,24)(H,25,26)/t17-,18+,19+/m0/s1. The molecular formula is C20H27ClN2O6S. The number of nitrogens with one attached hydrogen (secondary N) is 2. The highest BCUT2D eigenvalue weighted by atomic mass is 35.5. The number of halogens is 1. The SMILES string of the molecule is CCC(CC)O[C@@H]1C=C(C(=O)O)C[C@H](NS(=O)(=O)c2ccc(Cl)cc2)[C@H]1NC(C)=O. The Labute approximate surface area is 181 Å². The Hall–Kier alpha value is -1.94. The number of aliphatic carboxylic acids is 1. The molecule has 8 nitrogen and oxygen atoms in total. The van der Waals surface area contributed by atoms with Crippen LogP contribution in [0.3, 0.4) is 0 Å². The van der Waals surface area contributed by atoms with E-state index in [1.807, 2.05) is 13.8 Å². The second kappa shape index (κ2) is 10.4. The van der Waals surface area contributed by atoms with E-state index < -0.39 is 34.2 Å². The minimum atomic E-state index is -3.99. The molecule has 0 fully saturated rings. The summed E-state index contributed by atoms with van der Waals surface area (Å²) in [6, 6.07) is 3.92. The van der Waals surface area contributed by atoms with E-state index in [-0.39, 0.29) is 28.9 Å². The topological polar surface area (TPSA) is 122 Å². The third-order valence-corrected chi connectivity index (χ3v) is 6.69. The lowest BCUT2D eigenvalue weighted by Crippen LogP contribution is -2.59. The molecule has 1 aliphatic carbocycles. The van der Waals surface area contributed by atoms with Crippen molar-refractivity contribution in [3.63, 3.8) is 0 Å². The minimum absolute atomic E-state index is 0.0163. The van der Waals surface area contributed by atoms with E-state index in [4.69, 9.17) is 16.3 Å². The molecule has 1 aliphatic rings. The maximum absolute atomic E-state index is 12.9. The van der Waals surface area contributed by atoms with Crippen LogP contribution in [-0.4, -0.2) is 49.7 Å². The predicted octanol–water partition coefficient (Wildman–Crippen LogP) is 2.48. The quantitative estimate of drug-likeness (QED) is 0.522. The lowest BCUT2D eigenvalue weighted by molar-refractivity contribution is -0.133. The Bertz CT molecular complexity index is 896. The highest BCUT2D eigenvalue weighted by Gasteiger charge is 2.39. The molecule has 30 heavy (non-hydrogen) atoms. The summed E-state index contributed by atoms with van der Waals surface area (Å²) < 4.78 is 34.4. The third kappa shape index (κ3) is 6.28. The molecule has 10 heteroatoms. The van der Waals surface area contributed by atoms with Crippen LogP contribution in [0.5, 0.6) is 0 Å². The third-order valence-electron chi connectivity index (χ3n) is 4.93. The average molecular weight is 459 g/mol. The monoisotopic (exact) mass is 458 g/mol. The van der Waals surface area contributed by atoms with Gasteiger partial charge in [-0.25, -0.2) is 17.9 Å². The van der Waals surface area contributed by atoms with E-state index in [0.717, 1.165) is 0 Å². The van der Waals surface area contributed by atoms with Crippen LogP contribution in [0.2, 0.25) is 5.02 Å². The first-order valence-electron chi connectivity index (χ1n) is 9.71. The number of sulfonamides is 1. The Balaban J connectivity index is 2.40. The molecule has 1 amide bonds. The normalized spacial score (nSPS) is 21.9. The summed E-state index contributed by atoms with van der Waals surface area (Å²) in [5, 5.41) is 12.6. The molecule has 1 aromatic carbocycles. The number of carboxylic acids is 1. The predicted molar refractivity (Wildman–Crippen MR) is 113 cm³/mol. The number of ether oxygens (including phenoxy) is 1. The summed E-state index contributed by atoms with van der Waals surface area (Å²) in [6.07, 6.45) is 1.78. The van der Waals surface area contributed by atoms with Crippen LogP contribution in [0.1, 0.15) is 40.0 Å². The zero-order valence-electron chi connectivity index (χ0n) is 17.1. The second-order valence-corrected chi connectivity index (χ2v) is 9.30. The number of carbonyl (C=O) groups is 2. The fourth-order valence-corrected chi connectivity index (χ4v) is 4.75. The molecule has 0 aromatic heterocycles. The van der Waals surface area contributed by atoms with Gasteiger partial charge in [0, 0.05) is 23.6 Å². The van der Waals surface area contributed by atoms with Gasteiger partial charge in [0.05, 0.1) is 23.1 Å². The molecule has 1 aromatic rings. The van der Waals surface area contributed by atoms with Gasteiger partial charge in [0.15, 0.2) is 0 Å². The zero-order chi connectivity index (χ0) is 22.5. The van der Waals surface area contributed by atoms with Crippen molar-refractivity contribution < 1.29 is 27.9 Å². The van der Waals surface area contributed by atoms with E-state index in [9.17, 15) is 23.1 Å². The van der Waals surface area contributed by atoms with Crippen molar-refractivity contribution in [2.45, 2.75) is 69.2 Å². The van der Waals surface area contributed by atoms with Gasteiger partial charge in [0.25, 0.3) is 0 Å². The first-order chi connectivity index (χ1) is 14.1. The molecule has 0 bridgehead atoms. The molecule has 0 heterocycles. The molecular weight excluding hydrogens is 432 g/mol. The van der Waals surface area contributed by atoms with Gasteiger partial charge < -0.3 is 15.2 Å². The highest BCUT2D eigenvalue weighted by Crippen LogP contribution is 2.26. The Morgan fingerprint density at radius 3 is 2.33 bits per heavy atom. The fourth-order valence-electron chi connectivity index (χ4n) is 3.36. The Morgan fingerprint density at radius 1 is 1.23 bits per heavy atom. The van der Waals surface area contributed by atoms with Gasteiger partial charge in [0.1, 0.15) is 0 Å². The van der Waals surface area contributed by atoms with Crippen LogP contribution in [0.25, 0.3) is 0 Å². The molecule has 0 saturated heterocycles. The van der Waals surface area contributed by atoms with Gasteiger partial charge >= 0.3 is 5.97 Å². The summed E-state index contributed by atoms with van der Waals surface area (Å²) in [6.45, 7) is 5.19. The molecule has 2 rings (SSSR count). The molecule has 0 radical (unpaired) electrons. The number of hydrogen-bond acceptors (Lipinski definition) is 5. The molecule has 166 valence electrons. The average Bonchev–Trinajstić information content (AvgIpc) is 2.67. The van der Waals surface area contributed by atoms with Crippen molar-refractivity contribution in [2.75, 3.05) is 0 Å². The fraction of sp³-hybridized carbons (Fsp3) is 0.500. The molecule has 0 saturated carbocycles.